The molecule has 0 radical (unpaired) electrons. The molecule has 2 amide bonds. The van der Waals surface area contributed by atoms with Gasteiger partial charge in [-0.05, 0) is 38.5 Å². The van der Waals surface area contributed by atoms with Crippen LogP contribution >= 0.6 is 0 Å². The predicted molar refractivity (Wildman–Crippen MR) is 108 cm³/mol. The number of hydrogen-bond acceptors (Lipinski definition) is 5. The van der Waals surface area contributed by atoms with Gasteiger partial charge in [0.25, 0.3) is 0 Å². The molecule has 2 saturated heterocycles. The van der Waals surface area contributed by atoms with Gasteiger partial charge < -0.3 is 4.74 Å². The van der Waals surface area contributed by atoms with Crippen molar-refractivity contribution in [2.75, 3.05) is 12.0 Å². The smallest absolute Gasteiger partial charge is 0.326 e. The summed E-state index contributed by atoms with van der Waals surface area (Å²) in [4.78, 5) is 40.8. The van der Waals surface area contributed by atoms with Crippen molar-refractivity contribution in [3.63, 3.8) is 0 Å². The molecule has 2 heterocycles. The fraction of sp³-hybridized carbons (Fsp3) is 0.348. The number of hydrogen-bond donors (Lipinski definition) is 1. The molecule has 0 spiro atoms. The van der Waals surface area contributed by atoms with Gasteiger partial charge in [0.15, 0.2) is 0 Å². The zero-order valence-corrected chi connectivity index (χ0v) is 16.9. The first-order valence-electron chi connectivity index (χ1n) is 9.65. The number of nitrogens with one attached hydrogen (secondary N) is 1. The Hall–Kier alpha value is -2.99. The van der Waals surface area contributed by atoms with Crippen LogP contribution < -0.4 is 10.2 Å². The lowest BCUT2D eigenvalue weighted by atomic mass is 9.80. The topological polar surface area (TPSA) is 75.7 Å². The van der Waals surface area contributed by atoms with E-state index >= 15 is 0 Å². The van der Waals surface area contributed by atoms with E-state index in [0.29, 0.717) is 5.69 Å². The number of imide groups is 1. The summed E-state index contributed by atoms with van der Waals surface area (Å²) in [7, 11) is 1.29. The number of esters is 1. The summed E-state index contributed by atoms with van der Waals surface area (Å²) in [5, 5.41) is 3.25. The standard InChI is InChI=1S/C23H24N2O4/c1-13-5-9-15(10-6-13)19-17-18(23(3,24-19)22(28)29-4)21(27)25(20(17)26)16-11-7-14(2)8-12-16/h5-12,17-19,24H,1-4H3/t17-,18+,19-,23-/m1/s1. The van der Waals surface area contributed by atoms with E-state index in [1.807, 2.05) is 50.2 Å². The monoisotopic (exact) mass is 392 g/mol. The molecule has 0 unspecified atom stereocenters. The maximum Gasteiger partial charge on any atom is 0.326 e. The molecule has 6 nitrogen and oxygen atoms in total. The molecule has 2 aliphatic rings. The minimum absolute atomic E-state index is 0.297. The zero-order valence-electron chi connectivity index (χ0n) is 16.9. The van der Waals surface area contributed by atoms with Crippen LogP contribution in [-0.4, -0.2) is 30.4 Å². The van der Waals surface area contributed by atoms with Gasteiger partial charge in [-0.1, -0.05) is 47.5 Å². The van der Waals surface area contributed by atoms with Gasteiger partial charge in [0, 0.05) is 6.04 Å². The molecule has 0 aromatic heterocycles. The summed E-state index contributed by atoms with van der Waals surface area (Å²) in [6.45, 7) is 5.57. The van der Waals surface area contributed by atoms with Crippen LogP contribution in [0.5, 0.6) is 0 Å². The predicted octanol–water partition coefficient (Wildman–Crippen LogP) is 2.69. The normalized spacial score (nSPS) is 28.6. The number of nitrogens with zero attached hydrogens (tertiary/aromatic N) is 1. The van der Waals surface area contributed by atoms with Gasteiger partial charge in [0.05, 0.1) is 24.6 Å². The Labute approximate surface area is 169 Å². The molecule has 2 aromatic rings. The number of aryl methyl sites for hydroxylation is 2. The number of fused-ring (bicyclic) bond motifs is 1. The summed E-state index contributed by atoms with van der Waals surface area (Å²) in [6.07, 6.45) is 0. The zero-order chi connectivity index (χ0) is 20.9. The lowest BCUT2D eigenvalue weighted by molar-refractivity contribution is -0.151. The number of ether oxygens (including phenoxy) is 1. The molecule has 2 aliphatic heterocycles. The average Bonchev–Trinajstić information content (AvgIpc) is 3.17. The van der Waals surface area contributed by atoms with Gasteiger partial charge in [-0.15, -0.1) is 0 Å². The van der Waals surface area contributed by atoms with E-state index in [-0.39, 0.29) is 11.8 Å². The summed E-state index contributed by atoms with van der Waals surface area (Å²) in [5.41, 5.74) is 2.22. The molecule has 4 rings (SSSR count). The molecular formula is C23H24N2O4. The van der Waals surface area contributed by atoms with Crippen molar-refractivity contribution in [3.05, 3.63) is 65.2 Å². The van der Waals surface area contributed by atoms with Crippen molar-refractivity contribution in [3.8, 4) is 0 Å². The highest BCUT2D eigenvalue weighted by Crippen LogP contribution is 2.49. The number of carbonyl (C=O) groups excluding carboxylic acids is 3. The second kappa shape index (κ2) is 6.81. The van der Waals surface area contributed by atoms with Gasteiger partial charge in [0.2, 0.25) is 11.8 Å². The summed E-state index contributed by atoms with van der Waals surface area (Å²) < 4.78 is 5.01. The number of rotatable bonds is 3. The van der Waals surface area contributed by atoms with Crippen LogP contribution in [0.2, 0.25) is 0 Å². The van der Waals surface area contributed by atoms with Crippen molar-refractivity contribution in [2.24, 2.45) is 11.8 Å². The maximum atomic E-state index is 13.4. The first kappa shape index (κ1) is 19.3. The minimum Gasteiger partial charge on any atom is -0.468 e. The van der Waals surface area contributed by atoms with E-state index in [0.717, 1.165) is 16.7 Å². The molecule has 0 saturated carbocycles. The number of carbonyl (C=O) groups is 3. The van der Waals surface area contributed by atoms with Crippen LogP contribution in [0.15, 0.2) is 48.5 Å². The van der Waals surface area contributed by atoms with E-state index in [1.165, 1.54) is 12.0 Å². The average molecular weight is 392 g/mol. The highest BCUT2D eigenvalue weighted by Gasteiger charge is 2.67. The third-order valence-corrected chi connectivity index (χ3v) is 6.13. The van der Waals surface area contributed by atoms with Crippen LogP contribution in [-0.2, 0) is 19.1 Å². The Morgan fingerprint density at radius 1 is 0.966 bits per heavy atom. The first-order chi connectivity index (χ1) is 13.8. The number of amides is 2. The molecule has 4 atom stereocenters. The van der Waals surface area contributed by atoms with Crippen LogP contribution in [0.4, 0.5) is 5.69 Å². The number of methoxy groups -OCH3 is 1. The van der Waals surface area contributed by atoms with Gasteiger partial charge in [0.1, 0.15) is 5.54 Å². The first-order valence-corrected chi connectivity index (χ1v) is 9.65. The Morgan fingerprint density at radius 2 is 1.52 bits per heavy atom. The van der Waals surface area contributed by atoms with Crippen molar-refractivity contribution >= 4 is 23.5 Å². The van der Waals surface area contributed by atoms with Gasteiger partial charge in [-0.2, -0.15) is 0 Å². The van der Waals surface area contributed by atoms with Crippen LogP contribution in [0.3, 0.4) is 0 Å². The van der Waals surface area contributed by atoms with Crippen molar-refractivity contribution in [2.45, 2.75) is 32.4 Å². The molecule has 1 N–H and O–H groups in total. The van der Waals surface area contributed by atoms with Crippen molar-refractivity contribution in [1.82, 2.24) is 5.32 Å². The number of anilines is 1. The van der Waals surface area contributed by atoms with E-state index in [2.05, 4.69) is 5.32 Å². The minimum atomic E-state index is -1.29. The van der Waals surface area contributed by atoms with Crippen LogP contribution in [0.25, 0.3) is 0 Å². The Kier molecular flexibility index (Phi) is 4.54. The summed E-state index contributed by atoms with van der Waals surface area (Å²) in [6, 6.07) is 14.6. The second-order valence-electron chi connectivity index (χ2n) is 8.08. The molecule has 150 valence electrons. The second-order valence-corrected chi connectivity index (χ2v) is 8.08. The summed E-state index contributed by atoms with van der Waals surface area (Å²) in [5.74, 6) is -2.74. The Balaban J connectivity index is 1.81. The Bertz CT molecular complexity index is 983. The fourth-order valence-electron chi connectivity index (χ4n) is 4.55. The molecule has 6 heteroatoms. The van der Waals surface area contributed by atoms with E-state index in [9.17, 15) is 14.4 Å². The third-order valence-electron chi connectivity index (χ3n) is 6.13. The van der Waals surface area contributed by atoms with Crippen molar-refractivity contribution < 1.29 is 19.1 Å². The van der Waals surface area contributed by atoms with E-state index in [4.69, 9.17) is 4.74 Å². The van der Waals surface area contributed by atoms with Crippen LogP contribution in [0, 0.1) is 25.7 Å². The van der Waals surface area contributed by atoms with E-state index in [1.54, 1.807) is 19.1 Å². The lowest BCUT2D eigenvalue weighted by Crippen LogP contribution is -2.54. The molecule has 0 bridgehead atoms. The molecule has 2 aromatic carbocycles. The SMILES string of the molecule is COC(=O)[C@]1(C)N[C@H](c2ccc(C)cc2)[C@@H]2C(=O)N(c3ccc(C)cc3)C(=O)[C@H]21. The lowest BCUT2D eigenvalue weighted by Gasteiger charge is -2.28. The third kappa shape index (κ3) is 2.86. The highest BCUT2D eigenvalue weighted by atomic mass is 16.5. The summed E-state index contributed by atoms with van der Waals surface area (Å²) >= 11 is 0. The molecule has 0 aliphatic carbocycles. The van der Waals surface area contributed by atoms with Gasteiger partial charge in [-0.25, -0.2) is 4.90 Å². The van der Waals surface area contributed by atoms with Gasteiger partial charge in [-0.3, -0.25) is 19.7 Å². The van der Waals surface area contributed by atoms with Gasteiger partial charge >= 0.3 is 5.97 Å². The van der Waals surface area contributed by atoms with Crippen LogP contribution in [0.1, 0.15) is 29.7 Å². The fourth-order valence-corrected chi connectivity index (χ4v) is 4.55. The number of benzene rings is 2. The molecule has 2 fully saturated rings. The quantitative estimate of drug-likeness (QED) is 0.642. The van der Waals surface area contributed by atoms with E-state index < -0.39 is 29.4 Å². The van der Waals surface area contributed by atoms with Crippen molar-refractivity contribution in [1.29, 1.82) is 0 Å². The maximum absolute atomic E-state index is 13.4. The molecular weight excluding hydrogens is 368 g/mol. The highest BCUT2D eigenvalue weighted by molar-refractivity contribution is 6.24. The largest absolute Gasteiger partial charge is 0.468 e. The molecule has 29 heavy (non-hydrogen) atoms. The Morgan fingerprint density at radius 3 is 2.07 bits per heavy atom.